The highest BCUT2D eigenvalue weighted by Gasteiger charge is 2.36. The molecule has 5 heteroatoms. The Balaban J connectivity index is 1.60. The SMILES string of the molecule is CC1(C)c2ccccc2N(c2ccc(S(=O)(=O)c3ccc(C#N)cc3)cc2)c2ccccc21. The number of fused-ring (bicyclic) bond motifs is 2. The van der Waals surface area contributed by atoms with E-state index in [4.69, 9.17) is 5.26 Å². The predicted molar refractivity (Wildman–Crippen MR) is 130 cm³/mol. The van der Waals surface area contributed by atoms with E-state index in [1.54, 1.807) is 12.1 Å². The van der Waals surface area contributed by atoms with Crippen LogP contribution < -0.4 is 4.90 Å². The second-order valence-electron chi connectivity index (χ2n) is 8.63. The molecular weight excluding hydrogens is 428 g/mol. The summed E-state index contributed by atoms with van der Waals surface area (Å²) in [5.41, 5.74) is 5.78. The third-order valence-corrected chi connectivity index (χ3v) is 8.12. The molecule has 0 aromatic heterocycles. The van der Waals surface area contributed by atoms with Gasteiger partial charge in [-0.3, -0.25) is 0 Å². The van der Waals surface area contributed by atoms with E-state index < -0.39 is 9.84 Å². The van der Waals surface area contributed by atoms with Crippen molar-refractivity contribution in [3.63, 3.8) is 0 Å². The molecule has 1 aliphatic heterocycles. The smallest absolute Gasteiger partial charge is 0.206 e. The minimum absolute atomic E-state index is 0.150. The quantitative estimate of drug-likeness (QED) is 0.357. The Morgan fingerprint density at radius 2 is 1.15 bits per heavy atom. The number of anilines is 3. The minimum atomic E-state index is -3.68. The van der Waals surface area contributed by atoms with Gasteiger partial charge < -0.3 is 4.90 Å². The van der Waals surface area contributed by atoms with E-state index >= 15 is 0 Å². The summed E-state index contributed by atoms with van der Waals surface area (Å²) in [5, 5.41) is 8.97. The molecule has 1 heterocycles. The summed E-state index contributed by atoms with van der Waals surface area (Å²) in [5.74, 6) is 0. The van der Waals surface area contributed by atoms with Crippen LogP contribution in [-0.2, 0) is 15.3 Å². The lowest BCUT2D eigenvalue weighted by Crippen LogP contribution is -2.30. The van der Waals surface area contributed by atoms with Crippen molar-refractivity contribution in [2.45, 2.75) is 29.1 Å². The fraction of sp³-hybridized carbons (Fsp3) is 0.107. The molecule has 0 aliphatic carbocycles. The Kier molecular flexibility index (Phi) is 4.84. The zero-order valence-corrected chi connectivity index (χ0v) is 19.2. The van der Waals surface area contributed by atoms with Gasteiger partial charge in [0.25, 0.3) is 0 Å². The van der Waals surface area contributed by atoms with Crippen molar-refractivity contribution in [1.29, 1.82) is 5.26 Å². The lowest BCUT2D eigenvalue weighted by atomic mass is 9.73. The summed E-state index contributed by atoms with van der Waals surface area (Å²) < 4.78 is 26.2. The summed E-state index contributed by atoms with van der Waals surface area (Å²) in [6.45, 7) is 4.46. The fourth-order valence-electron chi connectivity index (χ4n) is 4.57. The number of hydrogen-bond donors (Lipinski definition) is 0. The first-order chi connectivity index (χ1) is 15.8. The first-order valence-electron chi connectivity index (χ1n) is 10.7. The van der Waals surface area contributed by atoms with Crippen molar-refractivity contribution < 1.29 is 8.42 Å². The number of para-hydroxylation sites is 2. The van der Waals surface area contributed by atoms with E-state index in [0.717, 1.165) is 17.1 Å². The number of sulfone groups is 1. The first kappa shape index (κ1) is 21.0. The van der Waals surface area contributed by atoms with Crippen LogP contribution in [0.2, 0.25) is 0 Å². The molecule has 162 valence electrons. The van der Waals surface area contributed by atoms with Gasteiger partial charge in [0.1, 0.15) is 0 Å². The second kappa shape index (κ2) is 7.61. The predicted octanol–water partition coefficient (Wildman–Crippen LogP) is 6.50. The third-order valence-electron chi connectivity index (χ3n) is 6.34. The van der Waals surface area contributed by atoms with Crippen molar-refractivity contribution in [3.8, 4) is 6.07 Å². The van der Waals surface area contributed by atoms with Crippen molar-refractivity contribution in [3.05, 3.63) is 114 Å². The largest absolute Gasteiger partial charge is 0.310 e. The van der Waals surface area contributed by atoms with Crippen LogP contribution >= 0.6 is 0 Å². The van der Waals surface area contributed by atoms with E-state index in [2.05, 4.69) is 55.1 Å². The Hall–Kier alpha value is -3.88. The van der Waals surface area contributed by atoms with E-state index in [0.29, 0.717) is 5.56 Å². The maximum atomic E-state index is 13.1. The molecule has 0 radical (unpaired) electrons. The van der Waals surface area contributed by atoms with Crippen LogP contribution in [0.25, 0.3) is 0 Å². The van der Waals surface area contributed by atoms with Crippen LogP contribution in [0.15, 0.2) is 107 Å². The molecule has 0 N–H and O–H groups in total. The lowest BCUT2D eigenvalue weighted by Gasteiger charge is -2.42. The Morgan fingerprint density at radius 3 is 1.64 bits per heavy atom. The normalized spacial score (nSPS) is 14.2. The number of hydrogen-bond acceptors (Lipinski definition) is 4. The monoisotopic (exact) mass is 450 g/mol. The van der Waals surface area contributed by atoms with Crippen LogP contribution in [0.1, 0.15) is 30.5 Å². The standard InChI is InChI=1S/C28H22N2O2S/c1-28(2)24-7-3-5-9-26(24)30(27-10-6-4-8-25(27)28)21-13-17-23(18-14-21)33(31,32)22-15-11-20(19-29)12-16-22/h3-18H,1-2H3. The summed E-state index contributed by atoms with van der Waals surface area (Å²) in [7, 11) is -3.68. The molecule has 1 aliphatic rings. The average molecular weight is 451 g/mol. The molecule has 5 rings (SSSR count). The maximum absolute atomic E-state index is 13.1. The molecule has 0 unspecified atom stereocenters. The van der Waals surface area contributed by atoms with Gasteiger partial charge in [-0.05, 0) is 71.8 Å². The minimum Gasteiger partial charge on any atom is -0.310 e. The highest BCUT2D eigenvalue weighted by molar-refractivity contribution is 7.91. The molecular formula is C28H22N2O2S. The van der Waals surface area contributed by atoms with Crippen LogP contribution in [0, 0.1) is 11.3 Å². The summed E-state index contributed by atoms with van der Waals surface area (Å²) >= 11 is 0. The maximum Gasteiger partial charge on any atom is 0.206 e. The second-order valence-corrected chi connectivity index (χ2v) is 10.6. The van der Waals surface area contributed by atoms with Gasteiger partial charge >= 0.3 is 0 Å². The average Bonchev–Trinajstić information content (AvgIpc) is 2.85. The molecule has 0 spiro atoms. The van der Waals surface area contributed by atoms with Gasteiger partial charge in [-0.1, -0.05) is 50.2 Å². The summed E-state index contributed by atoms with van der Waals surface area (Å²) in [4.78, 5) is 2.58. The molecule has 0 saturated heterocycles. The van der Waals surface area contributed by atoms with Gasteiger partial charge in [0.15, 0.2) is 0 Å². The summed E-state index contributed by atoms with van der Waals surface area (Å²) in [6.07, 6.45) is 0. The van der Waals surface area contributed by atoms with Crippen molar-refractivity contribution in [1.82, 2.24) is 0 Å². The molecule has 33 heavy (non-hydrogen) atoms. The van der Waals surface area contributed by atoms with Gasteiger partial charge in [-0.25, -0.2) is 8.42 Å². The lowest BCUT2D eigenvalue weighted by molar-refractivity contribution is 0.596. The number of benzene rings is 4. The van der Waals surface area contributed by atoms with Crippen LogP contribution in [-0.4, -0.2) is 8.42 Å². The van der Waals surface area contributed by atoms with E-state index in [1.807, 2.05) is 30.3 Å². The van der Waals surface area contributed by atoms with Gasteiger partial charge in [0.2, 0.25) is 9.84 Å². The van der Waals surface area contributed by atoms with Crippen LogP contribution in [0.4, 0.5) is 17.1 Å². The Morgan fingerprint density at radius 1 is 0.697 bits per heavy atom. The number of rotatable bonds is 3. The molecule has 4 aromatic carbocycles. The fourth-order valence-corrected chi connectivity index (χ4v) is 5.83. The van der Waals surface area contributed by atoms with Crippen molar-refractivity contribution in [2.75, 3.05) is 4.90 Å². The molecule has 0 saturated carbocycles. The molecule has 0 bridgehead atoms. The van der Waals surface area contributed by atoms with Crippen molar-refractivity contribution >= 4 is 26.9 Å². The van der Waals surface area contributed by atoms with Crippen LogP contribution in [0.3, 0.4) is 0 Å². The molecule has 4 nitrogen and oxygen atoms in total. The van der Waals surface area contributed by atoms with Gasteiger partial charge in [-0.2, -0.15) is 5.26 Å². The first-order valence-corrected chi connectivity index (χ1v) is 12.2. The zero-order valence-electron chi connectivity index (χ0n) is 18.4. The summed E-state index contributed by atoms with van der Waals surface area (Å²) in [6, 6.07) is 31.7. The molecule has 0 fully saturated rings. The molecule has 0 atom stereocenters. The topological polar surface area (TPSA) is 61.2 Å². The Bertz CT molecular complexity index is 1450. The van der Waals surface area contributed by atoms with E-state index in [-0.39, 0.29) is 15.2 Å². The van der Waals surface area contributed by atoms with E-state index in [1.165, 1.54) is 35.4 Å². The van der Waals surface area contributed by atoms with Gasteiger partial charge in [-0.15, -0.1) is 0 Å². The molecule has 4 aromatic rings. The van der Waals surface area contributed by atoms with Gasteiger partial charge in [0.05, 0.1) is 32.8 Å². The number of nitrogens with zero attached hydrogens (tertiary/aromatic N) is 2. The number of nitriles is 1. The van der Waals surface area contributed by atoms with E-state index in [9.17, 15) is 8.42 Å². The third kappa shape index (κ3) is 3.31. The highest BCUT2D eigenvalue weighted by Crippen LogP contribution is 2.51. The zero-order chi connectivity index (χ0) is 23.2. The Labute approximate surface area is 194 Å². The van der Waals surface area contributed by atoms with Crippen molar-refractivity contribution in [2.24, 2.45) is 0 Å². The van der Waals surface area contributed by atoms with Crippen LogP contribution in [0.5, 0.6) is 0 Å². The highest BCUT2D eigenvalue weighted by atomic mass is 32.2. The molecule has 0 amide bonds. The van der Waals surface area contributed by atoms with Gasteiger partial charge in [0, 0.05) is 11.1 Å².